The molecule has 1 aromatic carbocycles. The van der Waals surface area contributed by atoms with Gasteiger partial charge in [0.1, 0.15) is 5.70 Å². The van der Waals surface area contributed by atoms with Crippen LogP contribution in [-0.2, 0) is 25.5 Å². The summed E-state index contributed by atoms with van der Waals surface area (Å²) >= 11 is 0. The molecule has 1 aliphatic heterocycles. The van der Waals surface area contributed by atoms with Crippen LogP contribution < -0.4 is 10.6 Å². The van der Waals surface area contributed by atoms with Crippen LogP contribution in [0, 0.1) is 0 Å². The van der Waals surface area contributed by atoms with Gasteiger partial charge in [0.25, 0.3) is 5.91 Å². The summed E-state index contributed by atoms with van der Waals surface area (Å²) in [4.78, 5) is 37.7. The number of hydrogen-bond donors (Lipinski definition) is 3. The summed E-state index contributed by atoms with van der Waals surface area (Å²) in [5, 5.41) is 15.0. The van der Waals surface area contributed by atoms with Gasteiger partial charge in [0.05, 0.1) is 32.3 Å². The number of aliphatic hydroxyl groups is 1. The lowest BCUT2D eigenvalue weighted by atomic mass is 10.1. The summed E-state index contributed by atoms with van der Waals surface area (Å²) in [5.74, 6) is -0.948. The highest BCUT2D eigenvalue weighted by Crippen LogP contribution is 2.23. The van der Waals surface area contributed by atoms with Crippen LogP contribution in [0.5, 0.6) is 0 Å². The number of anilines is 1. The predicted molar refractivity (Wildman–Crippen MR) is 97.6 cm³/mol. The molecule has 1 saturated carbocycles. The van der Waals surface area contributed by atoms with Crippen molar-refractivity contribution < 1.29 is 24.2 Å². The lowest BCUT2D eigenvalue weighted by Gasteiger charge is -2.15. The molecule has 27 heavy (non-hydrogen) atoms. The van der Waals surface area contributed by atoms with Crippen molar-refractivity contribution in [2.45, 2.75) is 25.3 Å². The Hall–Kier alpha value is -2.87. The SMILES string of the molecule is COC(=O)C1=C(Nc2ccc(CC(=O)NC3CC3)cc2)C(=O)N(CCO)C1. The Bertz CT molecular complexity index is 768. The molecule has 1 heterocycles. The molecular formula is C19H23N3O5. The highest BCUT2D eigenvalue weighted by Gasteiger charge is 2.34. The van der Waals surface area contributed by atoms with Crippen molar-refractivity contribution in [2.24, 2.45) is 0 Å². The van der Waals surface area contributed by atoms with Gasteiger partial charge in [0.15, 0.2) is 0 Å². The average molecular weight is 373 g/mol. The molecule has 3 rings (SSSR count). The number of nitrogens with zero attached hydrogens (tertiary/aromatic N) is 1. The Morgan fingerprint density at radius 3 is 2.56 bits per heavy atom. The van der Waals surface area contributed by atoms with Crippen LogP contribution in [0.15, 0.2) is 35.5 Å². The van der Waals surface area contributed by atoms with E-state index in [1.165, 1.54) is 12.0 Å². The van der Waals surface area contributed by atoms with Crippen LogP contribution in [0.1, 0.15) is 18.4 Å². The molecular weight excluding hydrogens is 350 g/mol. The molecule has 144 valence electrons. The summed E-state index contributed by atoms with van der Waals surface area (Å²) in [7, 11) is 1.26. The van der Waals surface area contributed by atoms with Crippen molar-refractivity contribution in [1.29, 1.82) is 0 Å². The van der Waals surface area contributed by atoms with Crippen LogP contribution in [0.25, 0.3) is 0 Å². The number of carbonyl (C=O) groups is 3. The zero-order valence-electron chi connectivity index (χ0n) is 15.2. The Morgan fingerprint density at radius 1 is 1.26 bits per heavy atom. The largest absolute Gasteiger partial charge is 0.466 e. The van der Waals surface area contributed by atoms with Crippen molar-refractivity contribution >= 4 is 23.5 Å². The number of rotatable bonds is 8. The van der Waals surface area contributed by atoms with Crippen LogP contribution in [0.4, 0.5) is 5.69 Å². The second kappa shape index (κ2) is 8.22. The molecule has 0 spiro atoms. The minimum Gasteiger partial charge on any atom is -0.466 e. The highest BCUT2D eigenvalue weighted by atomic mass is 16.5. The Morgan fingerprint density at radius 2 is 1.96 bits per heavy atom. The summed E-state index contributed by atoms with van der Waals surface area (Å²) in [6.45, 7) is 0.0401. The first kappa shape index (κ1) is 18.9. The van der Waals surface area contributed by atoms with Gasteiger partial charge in [-0.05, 0) is 30.5 Å². The maximum absolute atomic E-state index is 12.5. The zero-order chi connectivity index (χ0) is 19.4. The summed E-state index contributed by atoms with van der Waals surface area (Å²) in [6.07, 6.45) is 2.40. The first-order valence-electron chi connectivity index (χ1n) is 8.88. The molecule has 8 nitrogen and oxygen atoms in total. The quantitative estimate of drug-likeness (QED) is 0.561. The number of ether oxygens (including phenoxy) is 1. The van der Waals surface area contributed by atoms with Crippen LogP contribution in [-0.4, -0.2) is 60.6 Å². The number of benzene rings is 1. The summed E-state index contributed by atoms with van der Waals surface area (Å²) in [6, 6.07) is 7.45. The molecule has 0 saturated heterocycles. The molecule has 1 aliphatic carbocycles. The number of carbonyl (C=O) groups excluding carboxylic acids is 3. The van der Waals surface area contributed by atoms with E-state index in [2.05, 4.69) is 10.6 Å². The third-order valence-electron chi connectivity index (χ3n) is 4.48. The number of aliphatic hydroxyl groups excluding tert-OH is 1. The molecule has 3 N–H and O–H groups in total. The van der Waals surface area contributed by atoms with Gasteiger partial charge in [-0.2, -0.15) is 0 Å². The molecule has 0 radical (unpaired) electrons. The van der Waals surface area contributed by atoms with Gasteiger partial charge in [0, 0.05) is 18.3 Å². The molecule has 0 atom stereocenters. The highest BCUT2D eigenvalue weighted by molar-refractivity contribution is 6.08. The maximum Gasteiger partial charge on any atom is 0.337 e. The molecule has 1 aromatic rings. The van der Waals surface area contributed by atoms with E-state index in [0.717, 1.165) is 18.4 Å². The molecule has 8 heteroatoms. The number of amides is 2. The first-order chi connectivity index (χ1) is 13.0. The van der Waals surface area contributed by atoms with Crippen molar-refractivity contribution in [3.63, 3.8) is 0 Å². The number of methoxy groups -OCH3 is 1. The van der Waals surface area contributed by atoms with Crippen molar-refractivity contribution in [1.82, 2.24) is 10.2 Å². The zero-order valence-corrected chi connectivity index (χ0v) is 15.2. The lowest BCUT2D eigenvalue weighted by molar-refractivity contribution is -0.136. The molecule has 0 unspecified atom stereocenters. The second-order valence-electron chi connectivity index (χ2n) is 6.64. The predicted octanol–water partition coefficient (Wildman–Crippen LogP) is 0.181. The molecule has 0 bridgehead atoms. The van der Waals surface area contributed by atoms with E-state index in [9.17, 15) is 14.4 Å². The fourth-order valence-corrected chi connectivity index (χ4v) is 2.89. The van der Waals surface area contributed by atoms with Gasteiger partial charge in [-0.1, -0.05) is 12.1 Å². The average Bonchev–Trinajstić information content (AvgIpc) is 3.42. The minimum atomic E-state index is -0.584. The maximum atomic E-state index is 12.5. The third kappa shape index (κ3) is 4.65. The normalized spacial score (nSPS) is 16.5. The van der Waals surface area contributed by atoms with E-state index in [0.29, 0.717) is 18.2 Å². The van der Waals surface area contributed by atoms with E-state index < -0.39 is 5.97 Å². The minimum absolute atomic E-state index is 0.000453. The van der Waals surface area contributed by atoms with E-state index in [1.54, 1.807) is 24.3 Å². The monoisotopic (exact) mass is 373 g/mol. The van der Waals surface area contributed by atoms with Gasteiger partial charge in [-0.15, -0.1) is 0 Å². The first-order valence-corrected chi connectivity index (χ1v) is 8.88. The van der Waals surface area contributed by atoms with Gasteiger partial charge in [-0.25, -0.2) is 4.79 Å². The fraction of sp³-hybridized carbons (Fsp3) is 0.421. The summed E-state index contributed by atoms with van der Waals surface area (Å²) < 4.78 is 4.75. The van der Waals surface area contributed by atoms with Gasteiger partial charge in [0.2, 0.25) is 5.91 Å². The molecule has 1 fully saturated rings. The van der Waals surface area contributed by atoms with Gasteiger partial charge in [-0.3, -0.25) is 9.59 Å². The van der Waals surface area contributed by atoms with E-state index in [1.807, 2.05) is 0 Å². The van der Waals surface area contributed by atoms with Gasteiger partial charge >= 0.3 is 5.97 Å². The number of esters is 1. The third-order valence-corrected chi connectivity index (χ3v) is 4.48. The number of hydrogen-bond acceptors (Lipinski definition) is 6. The standard InChI is InChI=1S/C19H23N3O5/c1-27-19(26)15-11-22(8-9-23)18(25)17(15)21-14-4-2-12(3-5-14)10-16(24)20-13-6-7-13/h2-5,13,21,23H,6-11H2,1H3,(H,20,24). The lowest BCUT2D eigenvalue weighted by Crippen LogP contribution is -2.31. The summed E-state index contributed by atoms with van der Waals surface area (Å²) in [5.41, 5.74) is 1.86. The van der Waals surface area contributed by atoms with Crippen LogP contribution >= 0.6 is 0 Å². The van der Waals surface area contributed by atoms with E-state index in [4.69, 9.17) is 9.84 Å². The topological polar surface area (TPSA) is 108 Å². The molecule has 2 amide bonds. The van der Waals surface area contributed by atoms with Gasteiger partial charge < -0.3 is 25.4 Å². The smallest absolute Gasteiger partial charge is 0.337 e. The van der Waals surface area contributed by atoms with Crippen LogP contribution in [0.2, 0.25) is 0 Å². The van der Waals surface area contributed by atoms with E-state index >= 15 is 0 Å². The Labute approximate surface area is 157 Å². The molecule has 0 aromatic heterocycles. The Balaban J connectivity index is 1.69. The van der Waals surface area contributed by atoms with E-state index in [-0.39, 0.29) is 42.8 Å². The Kier molecular flexibility index (Phi) is 5.75. The number of nitrogens with one attached hydrogen (secondary N) is 2. The fourth-order valence-electron chi connectivity index (χ4n) is 2.89. The van der Waals surface area contributed by atoms with Crippen molar-refractivity contribution in [3.05, 3.63) is 41.1 Å². The van der Waals surface area contributed by atoms with Crippen molar-refractivity contribution in [2.75, 3.05) is 32.1 Å². The van der Waals surface area contributed by atoms with Crippen molar-refractivity contribution in [3.8, 4) is 0 Å². The second-order valence-corrected chi connectivity index (χ2v) is 6.64. The molecule has 2 aliphatic rings. The van der Waals surface area contributed by atoms with Crippen LogP contribution in [0.3, 0.4) is 0 Å². The number of β-amino-alcohol motifs (C(OH)–C–C–N with tert-alkyl or cyclic N) is 1.